The van der Waals surface area contributed by atoms with Crippen LogP contribution in [-0.2, 0) is 20.8 Å². The minimum absolute atomic E-state index is 0.0141. The van der Waals surface area contributed by atoms with E-state index >= 15 is 14.0 Å². The van der Waals surface area contributed by atoms with Gasteiger partial charge in [-0.3, -0.25) is 24.2 Å². The zero-order valence-electron chi connectivity index (χ0n) is 33.5. The molecule has 5 aliphatic rings. The first-order valence-corrected chi connectivity index (χ1v) is 21.9. The SMILES string of the molecule is Cc1c(F)cccc1NC(=O)C(C(C(=O)Nc1cccc2c1CC(=O)N2)N1CC2CCC(C1)N2c1ncnc2sccc12)N1CC2CCC(C1)N2c1ncnc2ccccc12. The number of carbonyl (C=O) groups is 3. The van der Waals surface area contributed by atoms with Crippen molar-refractivity contribution in [1.82, 2.24) is 29.7 Å². The maximum absolute atomic E-state index is 15.4. The number of hydrogen-bond acceptors (Lipinski definition) is 12. The van der Waals surface area contributed by atoms with Crippen LogP contribution in [0.15, 0.2) is 84.8 Å². The van der Waals surface area contributed by atoms with Crippen LogP contribution in [0.2, 0.25) is 0 Å². The van der Waals surface area contributed by atoms with Gasteiger partial charge in [0, 0.05) is 83.9 Å². The molecule has 16 heteroatoms. The minimum Gasteiger partial charge on any atom is -0.347 e. The molecule has 0 aliphatic carbocycles. The molecule has 0 spiro atoms. The second kappa shape index (κ2) is 15.1. The van der Waals surface area contributed by atoms with Crippen LogP contribution in [0.4, 0.5) is 33.1 Å². The summed E-state index contributed by atoms with van der Waals surface area (Å²) in [4.78, 5) is 72.0. The first-order valence-electron chi connectivity index (χ1n) is 21.0. The summed E-state index contributed by atoms with van der Waals surface area (Å²) < 4.78 is 15.0. The van der Waals surface area contributed by atoms with E-state index in [0.29, 0.717) is 54.4 Å². The zero-order valence-corrected chi connectivity index (χ0v) is 34.3. The van der Waals surface area contributed by atoms with Crippen LogP contribution in [0.25, 0.3) is 21.1 Å². The Bertz CT molecular complexity index is 2700. The third kappa shape index (κ3) is 6.55. The Kier molecular flexibility index (Phi) is 9.38. The lowest BCUT2D eigenvalue weighted by atomic mass is 9.96. The molecule has 11 rings (SSSR count). The predicted octanol–water partition coefficient (Wildman–Crippen LogP) is 5.60. The molecule has 6 atom stereocenters. The summed E-state index contributed by atoms with van der Waals surface area (Å²) >= 11 is 1.59. The van der Waals surface area contributed by atoms with Crippen LogP contribution >= 0.6 is 11.3 Å². The third-order valence-electron chi connectivity index (χ3n) is 13.5. The van der Waals surface area contributed by atoms with Gasteiger partial charge in [-0.15, -0.1) is 11.3 Å². The Labute approximate surface area is 355 Å². The highest BCUT2D eigenvalue weighted by atomic mass is 32.1. The summed E-state index contributed by atoms with van der Waals surface area (Å²) in [5.74, 6) is 0.493. The van der Waals surface area contributed by atoms with Gasteiger partial charge in [-0.1, -0.05) is 24.3 Å². The maximum Gasteiger partial charge on any atom is 0.243 e. The molecule has 3 aromatic heterocycles. The Morgan fingerprint density at radius 1 is 0.721 bits per heavy atom. The van der Waals surface area contributed by atoms with E-state index in [0.717, 1.165) is 58.4 Å². The number of halogens is 1. The van der Waals surface area contributed by atoms with Gasteiger partial charge < -0.3 is 25.8 Å². The van der Waals surface area contributed by atoms with Crippen LogP contribution in [0, 0.1) is 12.7 Å². The molecule has 14 nitrogen and oxygen atoms in total. The first kappa shape index (κ1) is 37.9. The van der Waals surface area contributed by atoms with Crippen molar-refractivity contribution in [3.8, 4) is 0 Å². The van der Waals surface area contributed by atoms with Crippen molar-refractivity contribution in [2.24, 2.45) is 0 Å². The largest absolute Gasteiger partial charge is 0.347 e. The molecule has 4 fully saturated rings. The van der Waals surface area contributed by atoms with E-state index in [9.17, 15) is 4.79 Å². The average Bonchev–Trinajstić information content (AvgIpc) is 4.03. The molecule has 61 heavy (non-hydrogen) atoms. The fourth-order valence-corrected chi connectivity index (χ4v) is 11.5. The number of piperazine rings is 2. The highest BCUT2D eigenvalue weighted by molar-refractivity contribution is 7.16. The summed E-state index contributed by atoms with van der Waals surface area (Å²) in [7, 11) is 0. The van der Waals surface area contributed by atoms with Gasteiger partial charge in [-0.2, -0.15) is 0 Å². The topological polar surface area (TPSA) is 152 Å². The number of benzene rings is 3. The molecule has 3 aromatic carbocycles. The molecule has 3 N–H and O–H groups in total. The number of thiophene rings is 1. The average molecular weight is 838 g/mol. The molecule has 4 bridgehead atoms. The maximum atomic E-state index is 15.4. The van der Waals surface area contributed by atoms with Crippen LogP contribution in [0.5, 0.6) is 0 Å². The number of likely N-dealkylation sites (tertiary alicyclic amines) is 2. The Morgan fingerprint density at radius 3 is 2.00 bits per heavy atom. The fraction of sp³-hybridized carbons (Fsp3) is 0.356. The molecule has 4 saturated heterocycles. The Morgan fingerprint density at radius 2 is 1.31 bits per heavy atom. The highest BCUT2D eigenvalue weighted by Crippen LogP contribution is 2.42. The van der Waals surface area contributed by atoms with Crippen LogP contribution in [-0.4, -0.2) is 110 Å². The van der Waals surface area contributed by atoms with E-state index in [-0.39, 0.29) is 48.3 Å². The number of nitrogens with zero attached hydrogens (tertiary/aromatic N) is 8. The van der Waals surface area contributed by atoms with Crippen molar-refractivity contribution in [1.29, 1.82) is 0 Å². The van der Waals surface area contributed by atoms with Gasteiger partial charge in [0.15, 0.2) is 0 Å². The van der Waals surface area contributed by atoms with E-state index < -0.39 is 17.9 Å². The lowest BCUT2D eigenvalue weighted by Crippen LogP contribution is -2.69. The Hall–Kier alpha value is -6.10. The summed E-state index contributed by atoms with van der Waals surface area (Å²) in [5, 5.41) is 13.2. The summed E-state index contributed by atoms with van der Waals surface area (Å²) in [5.41, 5.74) is 3.47. The van der Waals surface area contributed by atoms with Crippen molar-refractivity contribution in [3.05, 3.63) is 102 Å². The number of fused-ring (bicyclic) bond motifs is 7. The third-order valence-corrected chi connectivity index (χ3v) is 14.3. The zero-order chi connectivity index (χ0) is 41.4. The lowest BCUT2D eigenvalue weighted by molar-refractivity contribution is -0.133. The highest BCUT2D eigenvalue weighted by Gasteiger charge is 2.52. The second-order valence-corrected chi connectivity index (χ2v) is 17.8. The van der Waals surface area contributed by atoms with Gasteiger partial charge in [-0.05, 0) is 80.5 Å². The molecule has 310 valence electrons. The molecule has 0 radical (unpaired) electrons. The van der Waals surface area contributed by atoms with E-state index in [1.54, 1.807) is 43.0 Å². The number of amides is 3. The Balaban J connectivity index is 0.989. The van der Waals surface area contributed by atoms with Crippen LogP contribution < -0.4 is 25.8 Å². The van der Waals surface area contributed by atoms with Gasteiger partial charge in [0.2, 0.25) is 17.7 Å². The molecule has 3 amide bonds. The lowest BCUT2D eigenvalue weighted by Gasteiger charge is -2.50. The number of nitrogens with one attached hydrogen (secondary N) is 3. The molecule has 0 saturated carbocycles. The summed E-state index contributed by atoms with van der Waals surface area (Å²) in [6, 6.07) is 18.4. The standard InChI is InChI=1S/C45H44FN11O3S/c1-25-33(46)7-4-9-34(25)52-43(59)39(54-19-26-12-13-27(20-54)56(26)41-30-6-2-3-8-35(30)47-23-48-41)40(44(60)53-37-11-5-10-36-32(37)18-38(58)51-36)55-21-28-14-15-29(22-55)57(28)42-31-16-17-61-45(31)50-24-49-42/h2-11,16-17,23-24,26-29,39-40H,12-15,18-22H2,1H3,(H,51,58)(H,52,59)(H,53,60). The number of para-hydroxylation sites is 1. The predicted molar refractivity (Wildman–Crippen MR) is 233 cm³/mol. The molecule has 8 heterocycles. The van der Waals surface area contributed by atoms with Crippen molar-refractivity contribution in [2.45, 2.75) is 75.3 Å². The minimum atomic E-state index is -0.972. The quantitative estimate of drug-likeness (QED) is 0.167. The van der Waals surface area contributed by atoms with Crippen LogP contribution in [0.3, 0.4) is 0 Å². The van der Waals surface area contributed by atoms with Crippen molar-refractivity contribution in [3.63, 3.8) is 0 Å². The van der Waals surface area contributed by atoms with Gasteiger partial charge in [0.25, 0.3) is 0 Å². The number of carbonyl (C=O) groups excluding carboxylic acids is 3. The van der Waals surface area contributed by atoms with E-state index in [2.05, 4.69) is 57.7 Å². The summed E-state index contributed by atoms with van der Waals surface area (Å²) in [6.45, 7) is 3.68. The van der Waals surface area contributed by atoms with Crippen molar-refractivity contribution < 1.29 is 18.8 Å². The number of rotatable bonds is 9. The monoisotopic (exact) mass is 837 g/mol. The second-order valence-electron chi connectivity index (χ2n) is 16.9. The molecule has 6 unspecified atom stereocenters. The smallest absolute Gasteiger partial charge is 0.243 e. The fourth-order valence-electron chi connectivity index (χ4n) is 10.7. The molecule has 5 aliphatic heterocycles. The molecular weight excluding hydrogens is 794 g/mol. The van der Waals surface area contributed by atoms with Crippen molar-refractivity contribution >= 4 is 78.9 Å². The number of aromatic nitrogens is 4. The summed E-state index contributed by atoms with van der Waals surface area (Å²) in [6.07, 6.45) is 6.97. The first-order chi connectivity index (χ1) is 29.8. The molecular formula is C45H44FN11O3S. The van der Waals surface area contributed by atoms with E-state index in [4.69, 9.17) is 9.97 Å². The van der Waals surface area contributed by atoms with E-state index in [1.807, 2.05) is 41.8 Å². The van der Waals surface area contributed by atoms with Gasteiger partial charge >= 0.3 is 0 Å². The molecule has 6 aromatic rings. The normalized spacial score (nSPS) is 23.3. The van der Waals surface area contributed by atoms with Crippen LogP contribution in [0.1, 0.15) is 36.8 Å². The van der Waals surface area contributed by atoms with Crippen molar-refractivity contribution in [2.75, 3.05) is 51.9 Å². The number of anilines is 5. The van der Waals surface area contributed by atoms with Gasteiger partial charge in [0.05, 0.1) is 17.3 Å². The number of hydrogen-bond donors (Lipinski definition) is 3. The van der Waals surface area contributed by atoms with Gasteiger partial charge in [0.1, 0.15) is 47.0 Å². The van der Waals surface area contributed by atoms with E-state index in [1.165, 1.54) is 6.07 Å². The van der Waals surface area contributed by atoms with Gasteiger partial charge in [-0.25, -0.2) is 24.3 Å².